The average Bonchev–Trinajstić information content (AvgIpc) is 2.95. The maximum atomic E-state index is 4.53. The summed E-state index contributed by atoms with van der Waals surface area (Å²) in [5.41, 5.74) is 2.14. The molecule has 0 spiro atoms. The van der Waals surface area contributed by atoms with Gasteiger partial charge in [-0.15, -0.1) is 0 Å². The molecule has 0 aliphatic carbocycles. The summed E-state index contributed by atoms with van der Waals surface area (Å²) in [4.78, 5) is 11.1. The molecule has 0 unspecified atom stereocenters. The number of hydrogen-bond acceptors (Lipinski definition) is 3. The number of para-hydroxylation sites is 2. The second kappa shape index (κ2) is 4.17. The normalized spacial score (nSPS) is 15.1. The van der Waals surface area contributed by atoms with E-state index in [4.69, 9.17) is 0 Å². The zero-order valence-corrected chi connectivity index (χ0v) is 9.60. The SMILES string of the molecule is c1ccc2[nH]c(CSC3=[NH+]CCN3)nc2c1. The topological polar surface area (TPSA) is 54.7 Å². The monoisotopic (exact) mass is 233 g/mol. The van der Waals surface area contributed by atoms with Gasteiger partial charge in [-0.25, -0.2) is 4.98 Å². The Morgan fingerprint density at radius 1 is 1.38 bits per heavy atom. The highest BCUT2D eigenvalue weighted by Gasteiger charge is 2.13. The number of nitrogens with one attached hydrogen (secondary N) is 3. The van der Waals surface area contributed by atoms with Crippen LogP contribution in [-0.4, -0.2) is 28.2 Å². The maximum absolute atomic E-state index is 4.53. The summed E-state index contributed by atoms with van der Waals surface area (Å²) >= 11 is 1.75. The first kappa shape index (κ1) is 9.72. The lowest BCUT2D eigenvalue weighted by atomic mass is 10.3. The Kier molecular flexibility index (Phi) is 2.53. The molecule has 0 bridgehead atoms. The van der Waals surface area contributed by atoms with Gasteiger partial charge in [-0.2, -0.15) is 0 Å². The molecule has 1 aliphatic rings. The van der Waals surface area contributed by atoms with E-state index in [-0.39, 0.29) is 0 Å². The molecule has 3 rings (SSSR count). The molecular formula is C11H13N4S+. The zero-order valence-electron chi connectivity index (χ0n) is 8.79. The first-order chi connectivity index (χ1) is 7.92. The molecule has 0 radical (unpaired) electrons. The van der Waals surface area contributed by atoms with Crippen LogP contribution in [0.3, 0.4) is 0 Å². The van der Waals surface area contributed by atoms with Gasteiger partial charge in [-0.1, -0.05) is 12.1 Å². The molecule has 1 aromatic carbocycles. The minimum Gasteiger partial charge on any atom is -0.341 e. The number of nitrogens with zero attached hydrogens (tertiary/aromatic N) is 1. The van der Waals surface area contributed by atoms with Crippen LogP contribution in [0.25, 0.3) is 11.0 Å². The first-order valence-electron chi connectivity index (χ1n) is 5.33. The summed E-state index contributed by atoms with van der Waals surface area (Å²) in [5.74, 6) is 1.89. The summed E-state index contributed by atoms with van der Waals surface area (Å²) in [6, 6.07) is 8.11. The summed E-state index contributed by atoms with van der Waals surface area (Å²) in [7, 11) is 0. The van der Waals surface area contributed by atoms with Crippen molar-refractivity contribution in [1.82, 2.24) is 15.3 Å². The summed E-state index contributed by atoms with van der Waals surface area (Å²) < 4.78 is 0. The van der Waals surface area contributed by atoms with Crippen molar-refractivity contribution in [2.45, 2.75) is 5.75 Å². The van der Waals surface area contributed by atoms with Crippen molar-refractivity contribution >= 4 is 28.0 Å². The molecule has 0 saturated heterocycles. The minimum atomic E-state index is 0.865. The van der Waals surface area contributed by atoms with Crippen molar-refractivity contribution in [2.75, 3.05) is 13.1 Å². The van der Waals surface area contributed by atoms with E-state index in [1.165, 1.54) is 0 Å². The van der Waals surface area contributed by atoms with Crippen LogP contribution in [0.1, 0.15) is 5.82 Å². The Labute approximate surface area is 97.6 Å². The van der Waals surface area contributed by atoms with Crippen LogP contribution in [0.15, 0.2) is 24.3 Å². The van der Waals surface area contributed by atoms with Gasteiger partial charge >= 0.3 is 5.17 Å². The standard InChI is InChI=1S/C11H12N4S/c1-2-4-9-8(3-1)14-10(15-9)7-16-11-12-5-6-13-11/h1-4H,5-7H2,(H,12,13)(H,14,15)/p+1. The Balaban J connectivity index is 1.74. The van der Waals surface area contributed by atoms with E-state index >= 15 is 0 Å². The van der Waals surface area contributed by atoms with Gasteiger partial charge in [0.1, 0.15) is 18.9 Å². The summed E-state index contributed by atoms with van der Waals surface area (Å²) in [6.07, 6.45) is 0. The molecule has 2 heterocycles. The number of hydrogen-bond donors (Lipinski definition) is 3. The van der Waals surface area contributed by atoms with E-state index in [0.717, 1.165) is 40.9 Å². The summed E-state index contributed by atoms with van der Waals surface area (Å²) in [6.45, 7) is 2.03. The number of H-pyrrole nitrogens is 1. The summed E-state index contributed by atoms with van der Waals surface area (Å²) in [5, 5.41) is 4.44. The predicted octanol–water partition coefficient (Wildman–Crippen LogP) is -0.164. The van der Waals surface area contributed by atoms with Gasteiger partial charge in [0.25, 0.3) is 0 Å². The van der Waals surface area contributed by atoms with E-state index in [0.29, 0.717) is 0 Å². The molecule has 1 aliphatic heterocycles. The predicted molar refractivity (Wildman–Crippen MR) is 66.2 cm³/mol. The largest absolute Gasteiger partial charge is 0.341 e. The van der Waals surface area contributed by atoms with Crippen LogP contribution in [0.5, 0.6) is 0 Å². The Morgan fingerprint density at radius 2 is 2.31 bits per heavy atom. The molecule has 82 valence electrons. The lowest BCUT2D eigenvalue weighted by Gasteiger charge is -1.92. The van der Waals surface area contributed by atoms with Gasteiger partial charge < -0.3 is 4.98 Å². The number of fused-ring (bicyclic) bond motifs is 1. The van der Waals surface area contributed by atoms with Crippen molar-refractivity contribution in [1.29, 1.82) is 0 Å². The third kappa shape index (κ3) is 1.90. The van der Waals surface area contributed by atoms with Gasteiger partial charge in [0.05, 0.1) is 16.8 Å². The van der Waals surface area contributed by atoms with Crippen LogP contribution < -0.4 is 10.3 Å². The van der Waals surface area contributed by atoms with Crippen molar-refractivity contribution in [3.8, 4) is 0 Å². The van der Waals surface area contributed by atoms with Crippen molar-refractivity contribution in [3.63, 3.8) is 0 Å². The van der Waals surface area contributed by atoms with Crippen LogP contribution >= 0.6 is 11.8 Å². The zero-order chi connectivity index (χ0) is 10.8. The van der Waals surface area contributed by atoms with E-state index in [9.17, 15) is 0 Å². The fourth-order valence-corrected chi connectivity index (χ4v) is 2.56. The van der Waals surface area contributed by atoms with Crippen LogP contribution in [-0.2, 0) is 5.75 Å². The molecule has 5 heteroatoms. The highest BCUT2D eigenvalue weighted by Crippen LogP contribution is 2.14. The highest BCUT2D eigenvalue weighted by molar-refractivity contribution is 8.12. The van der Waals surface area contributed by atoms with Crippen LogP contribution in [0.2, 0.25) is 0 Å². The lowest BCUT2D eigenvalue weighted by Crippen LogP contribution is -2.69. The molecule has 16 heavy (non-hydrogen) atoms. The Morgan fingerprint density at radius 3 is 3.12 bits per heavy atom. The molecule has 2 aromatic rings. The quantitative estimate of drug-likeness (QED) is 0.675. The van der Waals surface area contributed by atoms with Gasteiger partial charge in [-0.3, -0.25) is 10.3 Å². The Bertz CT molecular complexity index is 499. The molecule has 4 nitrogen and oxygen atoms in total. The highest BCUT2D eigenvalue weighted by atomic mass is 32.2. The Hall–Kier alpha value is -1.49. The van der Waals surface area contributed by atoms with Gasteiger partial charge in [0, 0.05) is 0 Å². The number of imidazole rings is 1. The molecule has 0 saturated carbocycles. The molecule has 0 fully saturated rings. The van der Waals surface area contributed by atoms with Crippen molar-refractivity contribution in [2.24, 2.45) is 0 Å². The maximum Gasteiger partial charge on any atom is 0.304 e. The second-order valence-corrected chi connectivity index (χ2v) is 4.66. The number of thioether (sulfide) groups is 1. The second-order valence-electron chi connectivity index (χ2n) is 3.67. The number of aromatic amines is 1. The van der Waals surface area contributed by atoms with E-state index in [1.807, 2.05) is 18.2 Å². The number of benzene rings is 1. The number of rotatable bonds is 2. The van der Waals surface area contributed by atoms with Crippen LogP contribution in [0, 0.1) is 0 Å². The first-order valence-corrected chi connectivity index (χ1v) is 6.31. The van der Waals surface area contributed by atoms with Crippen LogP contribution in [0.4, 0.5) is 0 Å². The van der Waals surface area contributed by atoms with E-state index in [2.05, 4.69) is 26.3 Å². The van der Waals surface area contributed by atoms with Gasteiger partial charge in [0.2, 0.25) is 0 Å². The van der Waals surface area contributed by atoms with E-state index < -0.39 is 0 Å². The number of aromatic nitrogens is 2. The van der Waals surface area contributed by atoms with E-state index in [1.54, 1.807) is 11.8 Å². The molecule has 0 atom stereocenters. The molecule has 1 aromatic heterocycles. The fraction of sp³-hybridized carbons (Fsp3) is 0.273. The third-order valence-corrected chi connectivity index (χ3v) is 3.48. The fourth-order valence-electron chi connectivity index (χ4n) is 1.73. The third-order valence-electron chi connectivity index (χ3n) is 2.49. The van der Waals surface area contributed by atoms with Gasteiger partial charge in [0.15, 0.2) is 0 Å². The van der Waals surface area contributed by atoms with Crippen molar-refractivity contribution in [3.05, 3.63) is 30.1 Å². The van der Waals surface area contributed by atoms with Crippen molar-refractivity contribution < 1.29 is 4.99 Å². The average molecular weight is 233 g/mol. The smallest absolute Gasteiger partial charge is 0.304 e. The number of amidine groups is 1. The molecular weight excluding hydrogens is 220 g/mol. The molecule has 3 N–H and O–H groups in total. The molecule has 0 amide bonds. The lowest BCUT2D eigenvalue weighted by molar-refractivity contribution is -0.441. The van der Waals surface area contributed by atoms with Gasteiger partial charge in [-0.05, 0) is 23.9 Å². The minimum absolute atomic E-state index is 0.865.